The third-order valence-electron chi connectivity index (χ3n) is 3.20. The van der Waals surface area contributed by atoms with Crippen LogP contribution in [0.5, 0.6) is 0 Å². The number of esters is 1. The molecule has 0 aliphatic heterocycles. The maximum atomic E-state index is 12.4. The number of hydrogen-bond acceptors (Lipinski definition) is 4. The van der Waals surface area contributed by atoms with Crippen LogP contribution >= 0.6 is 0 Å². The summed E-state index contributed by atoms with van der Waals surface area (Å²) in [6, 6.07) is 0.820. The van der Waals surface area contributed by atoms with Crippen molar-refractivity contribution < 1.29 is 27.4 Å². The van der Waals surface area contributed by atoms with Crippen LogP contribution in [0.1, 0.15) is 25.0 Å². The molecule has 0 unspecified atom stereocenters. The molecule has 1 aromatic rings. The molecule has 0 N–H and O–H groups in total. The number of alkyl halides is 3. The normalized spacial score (nSPS) is 23.0. The highest BCUT2D eigenvalue weighted by Gasteiger charge is 2.34. The number of carbonyl (C=O) groups is 1. The van der Waals surface area contributed by atoms with Crippen molar-refractivity contribution in [2.45, 2.75) is 44.2 Å². The highest BCUT2D eigenvalue weighted by atomic mass is 19.4. The van der Waals surface area contributed by atoms with Crippen LogP contribution < -0.4 is 0 Å². The second-order valence-corrected chi connectivity index (χ2v) is 4.63. The molecule has 5 nitrogen and oxygen atoms in total. The molecule has 112 valence electrons. The fourth-order valence-electron chi connectivity index (χ4n) is 2.24. The lowest BCUT2D eigenvalue weighted by molar-refractivity contribution is -0.155. The van der Waals surface area contributed by atoms with E-state index in [1.807, 2.05) is 0 Å². The predicted octanol–water partition coefficient (Wildman–Crippen LogP) is 2.01. The van der Waals surface area contributed by atoms with E-state index < -0.39 is 17.8 Å². The van der Waals surface area contributed by atoms with Crippen molar-refractivity contribution in [1.29, 1.82) is 0 Å². The van der Waals surface area contributed by atoms with Gasteiger partial charge in [-0.3, -0.25) is 9.48 Å². The van der Waals surface area contributed by atoms with E-state index in [1.165, 1.54) is 0 Å². The van der Waals surface area contributed by atoms with Crippen molar-refractivity contribution in [3.63, 3.8) is 0 Å². The summed E-state index contributed by atoms with van der Waals surface area (Å²) in [6.07, 6.45) is -1.46. The van der Waals surface area contributed by atoms with Crippen LogP contribution in [0.15, 0.2) is 12.3 Å². The molecule has 2 atom stereocenters. The molecule has 0 amide bonds. The molecular weight excluding hydrogens is 277 g/mol. The van der Waals surface area contributed by atoms with E-state index in [-0.39, 0.29) is 18.8 Å². The SMILES string of the molecule is CO[C@@H]1CCC[C@@H]1OC(=O)Cn1ccc(C(F)(F)F)n1. The molecule has 8 heteroatoms. The van der Waals surface area contributed by atoms with Gasteiger partial charge in [0.15, 0.2) is 5.69 Å². The van der Waals surface area contributed by atoms with Gasteiger partial charge in [-0.2, -0.15) is 18.3 Å². The number of rotatable bonds is 4. The zero-order valence-corrected chi connectivity index (χ0v) is 10.9. The van der Waals surface area contributed by atoms with Gasteiger partial charge in [0, 0.05) is 13.3 Å². The van der Waals surface area contributed by atoms with E-state index in [2.05, 4.69) is 5.10 Å². The summed E-state index contributed by atoms with van der Waals surface area (Å²) in [4.78, 5) is 11.7. The van der Waals surface area contributed by atoms with Crippen molar-refractivity contribution in [3.05, 3.63) is 18.0 Å². The highest BCUT2D eigenvalue weighted by Crippen LogP contribution is 2.27. The molecule has 0 saturated heterocycles. The summed E-state index contributed by atoms with van der Waals surface area (Å²) < 4.78 is 48.4. The Bertz CT molecular complexity index is 473. The van der Waals surface area contributed by atoms with Crippen molar-refractivity contribution >= 4 is 5.97 Å². The molecule has 0 aromatic carbocycles. The third-order valence-corrected chi connectivity index (χ3v) is 3.20. The molecule has 0 radical (unpaired) electrons. The zero-order chi connectivity index (χ0) is 14.8. The molecule has 0 bridgehead atoms. The number of halogens is 3. The number of aromatic nitrogens is 2. The highest BCUT2D eigenvalue weighted by molar-refractivity contribution is 5.69. The van der Waals surface area contributed by atoms with E-state index >= 15 is 0 Å². The van der Waals surface area contributed by atoms with Crippen LogP contribution in [-0.2, 0) is 27.0 Å². The topological polar surface area (TPSA) is 53.4 Å². The quantitative estimate of drug-likeness (QED) is 0.797. The molecular formula is C12H15F3N2O3. The summed E-state index contributed by atoms with van der Waals surface area (Å²) >= 11 is 0. The molecule has 20 heavy (non-hydrogen) atoms. The number of hydrogen-bond donors (Lipinski definition) is 0. The maximum Gasteiger partial charge on any atom is 0.435 e. The number of methoxy groups -OCH3 is 1. The van der Waals surface area contributed by atoms with Crippen LogP contribution in [0.3, 0.4) is 0 Å². The van der Waals surface area contributed by atoms with Crippen molar-refractivity contribution in [2.24, 2.45) is 0 Å². The first kappa shape index (κ1) is 14.8. The van der Waals surface area contributed by atoms with Gasteiger partial charge in [-0.25, -0.2) is 0 Å². The van der Waals surface area contributed by atoms with Crippen LogP contribution in [0.4, 0.5) is 13.2 Å². The van der Waals surface area contributed by atoms with Gasteiger partial charge in [-0.05, 0) is 25.3 Å². The Morgan fingerprint density at radius 1 is 1.45 bits per heavy atom. The summed E-state index contributed by atoms with van der Waals surface area (Å²) in [5.74, 6) is -0.615. The molecule has 1 fully saturated rings. The fourth-order valence-corrected chi connectivity index (χ4v) is 2.24. The Kier molecular flexibility index (Phi) is 4.32. The van der Waals surface area contributed by atoms with Gasteiger partial charge < -0.3 is 9.47 Å². The minimum atomic E-state index is -4.51. The number of nitrogens with zero attached hydrogens (tertiary/aromatic N) is 2. The minimum absolute atomic E-state index is 0.137. The fraction of sp³-hybridized carbons (Fsp3) is 0.667. The second kappa shape index (κ2) is 5.82. The van der Waals surface area contributed by atoms with E-state index in [0.29, 0.717) is 6.42 Å². The van der Waals surface area contributed by atoms with Crippen LogP contribution in [0, 0.1) is 0 Å². The predicted molar refractivity (Wildman–Crippen MR) is 61.8 cm³/mol. The summed E-state index contributed by atoms with van der Waals surface area (Å²) in [5.41, 5.74) is -1.03. The third kappa shape index (κ3) is 3.50. The summed E-state index contributed by atoms with van der Waals surface area (Å²) in [6.45, 7) is -0.344. The maximum absolute atomic E-state index is 12.4. The van der Waals surface area contributed by atoms with Gasteiger partial charge in [-0.15, -0.1) is 0 Å². The van der Waals surface area contributed by atoms with Gasteiger partial charge in [0.2, 0.25) is 0 Å². The minimum Gasteiger partial charge on any atom is -0.458 e. The lowest BCUT2D eigenvalue weighted by atomic mass is 10.2. The average molecular weight is 292 g/mol. The first-order valence-corrected chi connectivity index (χ1v) is 6.23. The molecule has 1 aromatic heterocycles. The first-order valence-electron chi connectivity index (χ1n) is 6.23. The lowest BCUT2D eigenvalue weighted by Crippen LogP contribution is -2.29. The van der Waals surface area contributed by atoms with Gasteiger partial charge in [0.05, 0.1) is 6.10 Å². The van der Waals surface area contributed by atoms with E-state index in [0.717, 1.165) is 29.8 Å². The van der Waals surface area contributed by atoms with Crippen molar-refractivity contribution in [3.8, 4) is 0 Å². The largest absolute Gasteiger partial charge is 0.458 e. The molecule has 1 heterocycles. The zero-order valence-electron chi connectivity index (χ0n) is 10.9. The number of carbonyl (C=O) groups excluding carboxylic acids is 1. The monoisotopic (exact) mass is 292 g/mol. The smallest absolute Gasteiger partial charge is 0.435 e. The average Bonchev–Trinajstić information content (AvgIpc) is 2.97. The standard InChI is InChI=1S/C12H15F3N2O3/c1-19-8-3-2-4-9(8)20-11(18)7-17-6-5-10(16-17)12(13,14)15/h5-6,8-9H,2-4,7H2,1H3/t8-,9+/m1/s1. The Balaban J connectivity index is 1.90. The van der Waals surface area contributed by atoms with Crippen LogP contribution in [0.2, 0.25) is 0 Å². The van der Waals surface area contributed by atoms with Gasteiger partial charge in [0.25, 0.3) is 0 Å². The Morgan fingerprint density at radius 2 is 2.15 bits per heavy atom. The number of ether oxygens (including phenoxy) is 2. The molecule has 0 spiro atoms. The van der Waals surface area contributed by atoms with E-state index in [4.69, 9.17) is 9.47 Å². The van der Waals surface area contributed by atoms with Crippen molar-refractivity contribution in [2.75, 3.05) is 7.11 Å². The van der Waals surface area contributed by atoms with E-state index in [1.54, 1.807) is 7.11 Å². The Morgan fingerprint density at radius 3 is 2.75 bits per heavy atom. The Hall–Kier alpha value is -1.57. The van der Waals surface area contributed by atoms with Crippen molar-refractivity contribution in [1.82, 2.24) is 9.78 Å². The molecule has 2 rings (SSSR count). The van der Waals surface area contributed by atoms with Gasteiger partial charge >= 0.3 is 12.1 Å². The Labute approximate surface area is 113 Å². The van der Waals surface area contributed by atoms with Gasteiger partial charge in [0.1, 0.15) is 12.6 Å². The summed E-state index contributed by atoms with van der Waals surface area (Å²) in [7, 11) is 1.54. The molecule has 1 aliphatic carbocycles. The van der Waals surface area contributed by atoms with Crippen LogP contribution in [-0.4, -0.2) is 35.1 Å². The lowest BCUT2D eigenvalue weighted by Gasteiger charge is -2.18. The first-order chi connectivity index (χ1) is 9.40. The summed E-state index contributed by atoms with van der Waals surface area (Å²) in [5, 5.41) is 3.29. The van der Waals surface area contributed by atoms with Crippen LogP contribution in [0.25, 0.3) is 0 Å². The second-order valence-electron chi connectivity index (χ2n) is 4.63. The van der Waals surface area contributed by atoms with Gasteiger partial charge in [-0.1, -0.05) is 0 Å². The molecule has 1 saturated carbocycles. The van der Waals surface area contributed by atoms with E-state index in [9.17, 15) is 18.0 Å². The molecule has 1 aliphatic rings.